The van der Waals surface area contributed by atoms with E-state index in [1.165, 1.54) is 23.6 Å². The van der Waals surface area contributed by atoms with Gasteiger partial charge in [0.15, 0.2) is 0 Å². The van der Waals surface area contributed by atoms with Crippen LogP contribution in [0.3, 0.4) is 0 Å². The molecule has 0 N–H and O–H groups in total. The summed E-state index contributed by atoms with van der Waals surface area (Å²) in [5.41, 5.74) is -1.48. The van der Waals surface area contributed by atoms with Crippen LogP contribution in [0.15, 0.2) is 0 Å². The summed E-state index contributed by atoms with van der Waals surface area (Å²) in [5.74, 6) is -2.63. The lowest BCUT2D eigenvalue weighted by molar-refractivity contribution is -0.195. The molecule has 2 aliphatic heterocycles. The van der Waals surface area contributed by atoms with Crippen molar-refractivity contribution in [2.45, 2.75) is 131 Å². The van der Waals surface area contributed by atoms with E-state index in [9.17, 15) is 28.8 Å². The third kappa shape index (κ3) is 10.3. The number of hydrogen-bond acceptors (Lipinski definition) is 10. The van der Waals surface area contributed by atoms with Crippen LogP contribution in [-0.4, -0.2) is 83.2 Å². The highest BCUT2D eigenvalue weighted by Gasteiger charge is 2.38. The first-order valence-corrected chi connectivity index (χ1v) is 14.8. The Morgan fingerprint density at radius 1 is 0.619 bits per heavy atom. The van der Waals surface area contributed by atoms with Crippen molar-refractivity contribution in [3.63, 3.8) is 0 Å². The van der Waals surface area contributed by atoms with E-state index in [0.717, 1.165) is 0 Å². The first kappa shape index (κ1) is 35.0. The Kier molecular flexibility index (Phi) is 12.4. The Bertz CT molecular complexity index is 933. The Hall–Kier alpha value is -3.18. The van der Waals surface area contributed by atoms with Crippen LogP contribution in [0.25, 0.3) is 0 Å². The summed E-state index contributed by atoms with van der Waals surface area (Å²) in [6, 6.07) is -1.48. The predicted octanol–water partition coefficient (Wildman–Crippen LogP) is 3.49. The van der Waals surface area contributed by atoms with Crippen LogP contribution in [0, 0.1) is 10.8 Å². The maximum atomic E-state index is 12.9. The number of nitrogens with zero attached hydrogens (tertiary/aromatic N) is 2. The molecule has 0 bridgehead atoms. The number of ether oxygens (including phenoxy) is 4. The second-order valence-corrected chi connectivity index (χ2v) is 13.0. The SMILES string of the molecule is CC(OC(=O)C1CCCN1C(=O)CCCCC(=O)N1CCCC1C(=O)OC(C)OC(=O)C(C)(C)C)OC(=O)C(C)(C)C. The van der Waals surface area contributed by atoms with Gasteiger partial charge in [-0.15, -0.1) is 0 Å². The van der Waals surface area contributed by atoms with Crippen LogP contribution < -0.4 is 0 Å². The van der Waals surface area contributed by atoms with E-state index >= 15 is 0 Å². The zero-order valence-electron chi connectivity index (χ0n) is 26.4. The molecule has 238 valence electrons. The van der Waals surface area contributed by atoms with E-state index in [-0.39, 0.29) is 24.7 Å². The van der Waals surface area contributed by atoms with E-state index in [2.05, 4.69) is 0 Å². The zero-order chi connectivity index (χ0) is 31.8. The lowest BCUT2D eigenvalue weighted by Crippen LogP contribution is -2.43. The smallest absolute Gasteiger partial charge is 0.331 e. The van der Waals surface area contributed by atoms with E-state index in [4.69, 9.17) is 18.9 Å². The van der Waals surface area contributed by atoms with E-state index in [1.807, 2.05) is 0 Å². The molecule has 2 aliphatic rings. The van der Waals surface area contributed by atoms with Gasteiger partial charge in [-0.05, 0) is 80.1 Å². The van der Waals surface area contributed by atoms with Crippen LogP contribution >= 0.6 is 0 Å². The van der Waals surface area contributed by atoms with Crippen LogP contribution in [-0.2, 0) is 47.7 Å². The highest BCUT2D eigenvalue weighted by Crippen LogP contribution is 2.24. The second-order valence-electron chi connectivity index (χ2n) is 13.0. The van der Waals surface area contributed by atoms with Crippen molar-refractivity contribution in [1.82, 2.24) is 9.80 Å². The van der Waals surface area contributed by atoms with Gasteiger partial charge in [-0.25, -0.2) is 9.59 Å². The molecule has 2 saturated heterocycles. The summed E-state index contributed by atoms with van der Waals surface area (Å²) in [6.45, 7) is 14.0. The van der Waals surface area contributed by atoms with E-state index in [0.29, 0.717) is 51.6 Å². The Morgan fingerprint density at radius 3 is 1.26 bits per heavy atom. The molecule has 0 radical (unpaired) electrons. The van der Waals surface area contributed by atoms with E-state index in [1.54, 1.807) is 41.5 Å². The van der Waals surface area contributed by atoms with Crippen LogP contribution in [0.4, 0.5) is 0 Å². The summed E-state index contributed by atoms with van der Waals surface area (Å²) in [7, 11) is 0. The third-order valence-electron chi connectivity index (χ3n) is 7.06. The molecule has 2 fully saturated rings. The molecule has 0 aromatic heterocycles. The molecular weight excluding hydrogens is 548 g/mol. The quantitative estimate of drug-likeness (QED) is 0.197. The van der Waals surface area contributed by atoms with Gasteiger partial charge in [-0.2, -0.15) is 0 Å². The van der Waals surface area contributed by atoms with E-state index < -0.39 is 59.4 Å². The molecule has 0 saturated carbocycles. The molecule has 4 unspecified atom stereocenters. The number of carbonyl (C=O) groups excluding carboxylic acids is 6. The third-order valence-corrected chi connectivity index (χ3v) is 7.06. The minimum absolute atomic E-state index is 0.160. The molecule has 12 nitrogen and oxygen atoms in total. The topological polar surface area (TPSA) is 146 Å². The molecule has 2 rings (SSSR count). The van der Waals surface area contributed by atoms with Crippen molar-refractivity contribution in [3.05, 3.63) is 0 Å². The highest BCUT2D eigenvalue weighted by atomic mass is 16.7. The lowest BCUT2D eigenvalue weighted by atomic mass is 9.97. The summed E-state index contributed by atoms with van der Waals surface area (Å²) < 4.78 is 21.0. The monoisotopic (exact) mass is 596 g/mol. The van der Waals surface area contributed by atoms with Crippen LogP contribution in [0.1, 0.15) is 107 Å². The molecule has 0 aliphatic carbocycles. The second kappa shape index (κ2) is 14.8. The number of esters is 4. The predicted molar refractivity (Wildman–Crippen MR) is 150 cm³/mol. The number of likely N-dealkylation sites (tertiary alicyclic amines) is 2. The number of rotatable bonds is 11. The Labute approximate surface area is 248 Å². The standard InChI is InChI=1S/C30H48N2O10/c1-19(41-27(37)29(3,4)5)39-25(35)21-13-11-17-31(21)23(33)15-9-10-16-24(34)32-18-12-14-22(32)26(36)40-20(2)42-28(38)30(6,7)8/h19-22H,9-18H2,1-8H3. The molecule has 12 heteroatoms. The minimum Gasteiger partial charge on any atom is -0.425 e. The first-order chi connectivity index (χ1) is 19.4. The van der Waals surface area contributed by atoms with Gasteiger partial charge in [-0.3, -0.25) is 19.2 Å². The fourth-order valence-corrected chi connectivity index (χ4v) is 4.65. The molecule has 2 amide bonds. The molecule has 0 spiro atoms. The fraction of sp³-hybridized carbons (Fsp3) is 0.800. The molecule has 0 aromatic rings. The van der Waals surface area contributed by atoms with Gasteiger partial charge in [0.25, 0.3) is 0 Å². The maximum absolute atomic E-state index is 12.9. The van der Waals surface area contributed by atoms with Gasteiger partial charge in [0.2, 0.25) is 24.4 Å². The number of hydrogen-bond donors (Lipinski definition) is 0. The molecule has 2 heterocycles. The van der Waals surface area contributed by atoms with Gasteiger partial charge < -0.3 is 28.7 Å². The highest BCUT2D eigenvalue weighted by molar-refractivity contribution is 5.86. The minimum atomic E-state index is -1.07. The Morgan fingerprint density at radius 2 is 0.952 bits per heavy atom. The number of amides is 2. The van der Waals surface area contributed by atoms with Gasteiger partial charge in [0.05, 0.1) is 10.8 Å². The van der Waals surface area contributed by atoms with Crippen LogP contribution in [0.2, 0.25) is 0 Å². The summed E-state index contributed by atoms with van der Waals surface area (Å²) in [5, 5.41) is 0. The number of unbranched alkanes of at least 4 members (excludes halogenated alkanes) is 1. The summed E-state index contributed by atoms with van der Waals surface area (Å²) in [4.78, 5) is 78.2. The first-order valence-electron chi connectivity index (χ1n) is 14.8. The molecule has 42 heavy (non-hydrogen) atoms. The Balaban J connectivity index is 1.78. The zero-order valence-corrected chi connectivity index (χ0v) is 26.4. The average Bonchev–Trinajstić information content (AvgIpc) is 3.55. The van der Waals surface area contributed by atoms with Gasteiger partial charge in [0, 0.05) is 39.8 Å². The lowest BCUT2D eigenvalue weighted by Gasteiger charge is -2.26. The van der Waals surface area contributed by atoms with Gasteiger partial charge >= 0.3 is 23.9 Å². The summed E-state index contributed by atoms with van der Waals surface area (Å²) >= 11 is 0. The van der Waals surface area contributed by atoms with Gasteiger partial charge in [0.1, 0.15) is 12.1 Å². The van der Waals surface area contributed by atoms with Crippen molar-refractivity contribution in [2.24, 2.45) is 10.8 Å². The summed E-state index contributed by atoms with van der Waals surface area (Å²) in [6.07, 6.45) is 1.29. The maximum Gasteiger partial charge on any atom is 0.331 e. The molecular formula is C30H48N2O10. The molecule has 4 atom stereocenters. The van der Waals surface area contributed by atoms with Crippen molar-refractivity contribution in [1.29, 1.82) is 0 Å². The van der Waals surface area contributed by atoms with Gasteiger partial charge in [-0.1, -0.05) is 0 Å². The van der Waals surface area contributed by atoms with Crippen molar-refractivity contribution >= 4 is 35.7 Å². The fourth-order valence-electron chi connectivity index (χ4n) is 4.65. The van der Waals surface area contributed by atoms with Crippen molar-refractivity contribution in [2.75, 3.05) is 13.1 Å². The van der Waals surface area contributed by atoms with Crippen molar-refractivity contribution < 1.29 is 47.7 Å². The van der Waals surface area contributed by atoms with Crippen LogP contribution in [0.5, 0.6) is 0 Å². The number of carbonyl (C=O) groups is 6. The molecule has 0 aromatic carbocycles. The largest absolute Gasteiger partial charge is 0.425 e. The van der Waals surface area contributed by atoms with Crippen molar-refractivity contribution in [3.8, 4) is 0 Å². The average molecular weight is 597 g/mol. The normalized spacial score (nSPS) is 20.5.